The summed E-state index contributed by atoms with van der Waals surface area (Å²) in [5, 5.41) is 2.70. The number of carbonyl (C=O) groups is 2. The first-order valence-corrected chi connectivity index (χ1v) is 7.13. The molecular weight excluding hydrogens is 270 g/mol. The number of nitrogens with zero attached hydrogens (tertiary/aromatic N) is 1. The molecule has 1 atom stereocenters. The van der Waals surface area contributed by atoms with Gasteiger partial charge in [0.15, 0.2) is 0 Å². The normalized spacial score (nSPS) is 19.8. The minimum absolute atomic E-state index is 0.0118. The zero-order valence-electron chi connectivity index (χ0n) is 12.0. The second kappa shape index (κ2) is 5.37. The fourth-order valence-electron chi connectivity index (χ4n) is 3.01. The van der Waals surface area contributed by atoms with Crippen molar-refractivity contribution in [3.05, 3.63) is 23.3 Å². The number of hydrogen-bond donors (Lipinski definition) is 2. The Balaban J connectivity index is 1.87. The number of amides is 2. The fraction of sp³-hybridized carbons (Fsp3) is 0.467. The lowest BCUT2D eigenvalue weighted by Crippen LogP contribution is -2.45. The summed E-state index contributed by atoms with van der Waals surface area (Å²) in [5.41, 5.74) is 8.44. The van der Waals surface area contributed by atoms with Gasteiger partial charge < -0.3 is 20.7 Å². The second-order valence-corrected chi connectivity index (χ2v) is 5.46. The van der Waals surface area contributed by atoms with Crippen molar-refractivity contribution in [1.82, 2.24) is 5.32 Å². The zero-order chi connectivity index (χ0) is 15.0. The molecule has 0 aliphatic carbocycles. The summed E-state index contributed by atoms with van der Waals surface area (Å²) in [6.45, 7) is 0.937. The Morgan fingerprint density at radius 1 is 1.52 bits per heavy atom. The maximum atomic E-state index is 12.4. The average Bonchev–Trinajstić information content (AvgIpc) is 2.97. The van der Waals surface area contributed by atoms with Crippen LogP contribution in [0.1, 0.15) is 11.1 Å². The molecule has 3 rings (SSSR count). The zero-order valence-corrected chi connectivity index (χ0v) is 12.0. The standard InChI is InChI=1S/C15H19N3O3/c1-18-12-3-2-9-4-5-21-14(9)11(12)6-10(15(18)20)8-17-13(19)7-16/h2-3,10H,4-8,16H2,1H3,(H,17,19). The topological polar surface area (TPSA) is 84.7 Å². The largest absolute Gasteiger partial charge is 0.493 e. The van der Waals surface area contributed by atoms with Crippen LogP contribution < -0.4 is 20.7 Å². The van der Waals surface area contributed by atoms with E-state index in [1.54, 1.807) is 11.9 Å². The molecule has 1 aromatic rings. The van der Waals surface area contributed by atoms with Crippen LogP contribution in [0.3, 0.4) is 0 Å². The maximum Gasteiger partial charge on any atom is 0.233 e. The smallest absolute Gasteiger partial charge is 0.233 e. The van der Waals surface area contributed by atoms with Crippen LogP contribution in [0.2, 0.25) is 0 Å². The third kappa shape index (κ3) is 2.35. The van der Waals surface area contributed by atoms with Crippen LogP contribution in [-0.4, -0.2) is 38.6 Å². The van der Waals surface area contributed by atoms with Crippen molar-refractivity contribution in [2.45, 2.75) is 12.8 Å². The summed E-state index contributed by atoms with van der Waals surface area (Å²) in [4.78, 5) is 25.3. The Morgan fingerprint density at radius 2 is 2.33 bits per heavy atom. The number of fused-ring (bicyclic) bond motifs is 3. The summed E-state index contributed by atoms with van der Waals surface area (Å²) in [6, 6.07) is 4.01. The third-order valence-electron chi connectivity index (χ3n) is 4.16. The monoisotopic (exact) mass is 289 g/mol. The number of ether oxygens (including phenoxy) is 1. The molecule has 1 aromatic carbocycles. The van der Waals surface area contributed by atoms with Crippen molar-refractivity contribution < 1.29 is 14.3 Å². The quantitative estimate of drug-likeness (QED) is 0.809. The van der Waals surface area contributed by atoms with Gasteiger partial charge in [0.1, 0.15) is 5.75 Å². The van der Waals surface area contributed by atoms with E-state index in [9.17, 15) is 9.59 Å². The summed E-state index contributed by atoms with van der Waals surface area (Å²) >= 11 is 0. The molecule has 112 valence electrons. The van der Waals surface area contributed by atoms with Gasteiger partial charge >= 0.3 is 0 Å². The first-order chi connectivity index (χ1) is 10.1. The molecule has 6 heteroatoms. The molecule has 2 aliphatic heterocycles. The summed E-state index contributed by atoms with van der Waals surface area (Å²) < 4.78 is 5.73. The third-order valence-corrected chi connectivity index (χ3v) is 4.16. The van der Waals surface area contributed by atoms with Crippen molar-refractivity contribution in [3.8, 4) is 5.75 Å². The van der Waals surface area contributed by atoms with Crippen molar-refractivity contribution in [1.29, 1.82) is 0 Å². The first-order valence-electron chi connectivity index (χ1n) is 7.13. The second-order valence-electron chi connectivity index (χ2n) is 5.46. The summed E-state index contributed by atoms with van der Waals surface area (Å²) in [7, 11) is 1.76. The highest BCUT2D eigenvalue weighted by atomic mass is 16.5. The first kappa shape index (κ1) is 13.9. The van der Waals surface area contributed by atoms with Crippen molar-refractivity contribution in [3.63, 3.8) is 0 Å². The van der Waals surface area contributed by atoms with E-state index in [1.807, 2.05) is 12.1 Å². The fourth-order valence-corrected chi connectivity index (χ4v) is 3.01. The Morgan fingerprint density at radius 3 is 3.10 bits per heavy atom. The molecule has 1 unspecified atom stereocenters. The molecule has 6 nitrogen and oxygen atoms in total. The van der Waals surface area contributed by atoms with Gasteiger partial charge in [-0.25, -0.2) is 0 Å². The van der Waals surface area contributed by atoms with E-state index in [2.05, 4.69) is 5.32 Å². The SMILES string of the molecule is CN1C(=O)C(CNC(=O)CN)Cc2c1ccc1c2OCC1. The molecule has 2 heterocycles. The van der Waals surface area contributed by atoms with Gasteiger partial charge in [0.05, 0.1) is 24.8 Å². The lowest BCUT2D eigenvalue weighted by atomic mass is 9.90. The molecule has 0 spiro atoms. The molecule has 0 aromatic heterocycles. The Bertz CT molecular complexity index is 600. The van der Waals surface area contributed by atoms with E-state index >= 15 is 0 Å². The van der Waals surface area contributed by atoms with E-state index in [0.717, 1.165) is 23.4 Å². The number of rotatable bonds is 3. The van der Waals surface area contributed by atoms with E-state index in [0.29, 0.717) is 19.6 Å². The minimum atomic E-state index is -0.270. The van der Waals surface area contributed by atoms with Crippen LogP contribution in [0.25, 0.3) is 0 Å². The molecule has 2 aliphatic rings. The number of benzene rings is 1. The van der Waals surface area contributed by atoms with Gasteiger partial charge in [-0.05, 0) is 18.1 Å². The van der Waals surface area contributed by atoms with Gasteiger partial charge in [0, 0.05) is 25.6 Å². The Hall–Kier alpha value is -2.08. The van der Waals surface area contributed by atoms with Gasteiger partial charge in [-0.3, -0.25) is 9.59 Å². The lowest BCUT2D eigenvalue weighted by molar-refractivity contribution is -0.123. The molecule has 0 radical (unpaired) electrons. The molecule has 0 saturated heterocycles. The van der Waals surface area contributed by atoms with Crippen LogP contribution >= 0.6 is 0 Å². The van der Waals surface area contributed by atoms with Gasteiger partial charge in [0.25, 0.3) is 0 Å². The molecule has 0 saturated carbocycles. The number of nitrogens with one attached hydrogen (secondary N) is 1. The summed E-state index contributed by atoms with van der Waals surface area (Å²) in [5.74, 6) is 0.416. The van der Waals surface area contributed by atoms with Crippen LogP contribution in [0.4, 0.5) is 5.69 Å². The van der Waals surface area contributed by atoms with Gasteiger partial charge in [-0.1, -0.05) is 6.07 Å². The highest BCUT2D eigenvalue weighted by molar-refractivity contribution is 5.98. The van der Waals surface area contributed by atoms with Gasteiger partial charge in [0.2, 0.25) is 11.8 Å². The van der Waals surface area contributed by atoms with E-state index in [-0.39, 0.29) is 24.3 Å². The van der Waals surface area contributed by atoms with Crippen LogP contribution in [0.15, 0.2) is 12.1 Å². The highest BCUT2D eigenvalue weighted by Gasteiger charge is 2.34. The number of nitrogens with two attached hydrogens (primary N) is 1. The summed E-state index contributed by atoms with van der Waals surface area (Å²) in [6.07, 6.45) is 1.50. The van der Waals surface area contributed by atoms with Crippen molar-refractivity contribution in [2.75, 3.05) is 31.6 Å². The van der Waals surface area contributed by atoms with Gasteiger partial charge in [-0.15, -0.1) is 0 Å². The van der Waals surface area contributed by atoms with E-state index in [1.165, 1.54) is 5.56 Å². The number of hydrogen-bond acceptors (Lipinski definition) is 4. The average molecular weight is 289 g/mol. The van der Waals surface area contributed by atoms with Crippen LogP contribution in [-0.2, 0) is 22.4 Å². The highest BCUT2D eigenvalue weighted by Crippen LogP contribution is 2.40. The molecular formula is C15H19N3O3. The van der Waals surface area contributed by atoms with Crippen molar-refractivity contribution in [2.24, 2.45) is 11.7 Å². The Labute approximate surface area is 123 Å². The van der Waals surface area contributed by atoms with E-state index in [4.69, 9.17) is 10.5 Å². The van der Waals surface area contributed by atoms with Crippen LogP contribution in [0.5, 0.6) is 5.75 Å². The van der Waals surface area contributed by atoms with E-state index < -0.39 is 0 Å². The Kier molecular flexibility index (Phi) is 3.55. The minimum Gasteiger partial charge on any atom is -0.493 e. The predicted molar refractivity (Wildman–Crippen MR) is 78.3 cm³/mol. The number of carbonyl (C=O) groups excluding carboxylic acids is 2. The molecule has 3 N–H and O–H groups in total. The molecule has 2 amide bonds. The maximum absolute atomic E-state index is 12.4. The predicted octanol–water partition coefficient (Wildman–Crippen LogP) is -0.168. The van der Waals surface area contributed by atoms with Gasteiger partial charge in [-0.2, -0.15) is 0 Å². The van der Waals surface area contributed by atoms with Crippen molar-refractivity contribution >= 4 is 17.5 Å². The molecule has 0 bridgehead atoms. The van der Waals surface area contributed by atoms with Crippen LogP contribution in [0, 0.1) is 5.92 Å². The molecule has 0 fully saturated rings. The lowest BCUT2D eigenvalue weighted by Gasteiger charge is -2.32. The number of anilines is 1. The molecule has 21 heavy (non-hydrogen) atoms.